The maximum Gasteiger partial charge on any atom is 0.0583 e. The Hall–Kier alpha value is -1.42. The first kappa shape index (κ1) is 9.15. The van der Waals surface area contributed by atoms with Gasteiger partial charge in [0.2, 0.25) is 0 Å². The van der Waals surface area contributed by atoms with Crippen molar-refractivity contribution < 1.29 is 0 Å². The Morgan fingerprint density at radius 1 is 1.57 bits per heavy atom. The number of pyridine rings is 1. The predicted molar refractivity (Wildman–Crippen MR) is 58.5 cm³/mol. The third kappa shape index (κ3) is 1.75. The lowest BCUT2D eigenvalue weighted by atomic mass is 10.2. The Balaban J connectivity index is 2.44. The zero-order valence-corrected chi connectivity index (χ0v) is 8.71. The van der Waals surface area contributed by atoms with Crippen LogP contribution in [0, 0.1) is 4.51 Å². The molecule has 0 aliphatic rings. The van der Waals surface area contributed by atoms with Crippen molar-refractivity contribution >= 4 is 12.2 Å². The van der Waals surface area contributed by atoms with Crippen LogP contribution in [0.15, 0.2) is 30.7 Å². The highest BCUT2D eigenvalue weighted by Gasteiger charge is 1.99. The smallest absolute Gasteiger partial charge is 0.0583 e. The van der Waals surface area contributed by atoms with E-state index in [1.807, 2.05) is 35.4 Å². The zero-order valence-electron chi connectivity index (χ0n) is 7.90. The Labute approximate surface area is 87.4 Å². The molecule has 0 fully saturated rings. The number of rotatable bonds is 2. The number of nitrogens with zero attached hydrogens (tertiary/aromatic N) is 2. The summed E-state index contributed by atoms with van der Waals surface area (Å²) in [4.78, 5) is 3.14. The molecule has 1 N–H and O–H groups in total. The second kappa shape index (κ2) is 3.75. The minimum Gasteiger partial charge on any atom is -0.361 e. The summed E-state index contributed by atoms with van der Waals surface area (Å²) >= 11 is 5.09. The molecule has 0 aliphatic carbocycles. The highest BCUT2D eigenvalue weighted by atomic mass is 32.1. The van der Waals surface area contributed by atoms with Gasteiger partial charge < -0.3 is 4.98 Å². The van der Waals surface area contributed by atoms with Crippen LogP contribution in [0.5, 0.6) is 0 Å². The molecule has 0 bridgehead atoms. The maximum atomic E-state index is 5.09. The number of nitrogens with one attached hydrogen (secondary N) is 1. The molecule has 0 unspecified atom stereocenters. The van der Waals surface area contributed by atoms with Crippen LogP contribution in [0.2, 0.25) is 0 Å². The number of aromatic nitrogens is 3. The molecule has 3 nitrogen and oxygen atoms in total. The minimum absolute atomic E-state index is 0.836. The molecule has 2 aromatic rings. The van der Waals surface area contributed by atoms with Crippen molar-refractivity contribution in [3.05, 3.63) is 35.2 Å². The number of aryl methyl sites for hydroxylation is 1. The van der Waals surface area contributed by atoms with Crippen LogP contribution >= 0.6 is 12.2 Å². The zero-order chi connectivity index (χ0) is 9.97. The molecule has 2 aromatic heterocycles. The summed E-state index contributed by atoms with van der Waals surface area (Å²) in [5.41, 5.74) is 2.08. The summed E-state index contributed by atoms with van der Waals surface area (Å²) in [5, 5.41) is 4.20. The molecule has 0 atom stereocenters. The van der Waals surface area contributed by atoms with Gasteiger partial charge >= 0.3 is 0 Å². The van der Waals surface area contributed by atoms with Gasteiger partial charge in [0.15, 0.2) is 0 Å². The number of H-pyrrole nitrogens is 1. The third-order valence-corrected chi connectivity index (χ3v) is 2.30. The normalized spacial score (nSPS) is 10.4. The highest BCUT2D eigenvalue weighted by molar-refractivity contribution is 7.71. The summed E-state index contributed by atoms with van der Waals surface area (Å²) in [7, 11) is 0. The summed E-state index contributed by atoms with van der Waals surface area (Å²) in [6, 6.07) is 3.80. The van der Waals surface area contributed by atoms with E-state index in [1.165, 1.54) is 0 Å². The van der Waals surface area contributed by atoms with E-state index in [0.717, 1.165) is 22.3 Å². The fraction of sp³-hybridized carbons (Fsp3) is 0.200. The summed E-state index contributed by atoms with van der Waals surface area (Å²) in [5.74, 6) is 0. The Kier molecular flexibility index (Phi) is 2.45. The third-order valence-electron chi connectivity index (χ3n) is 2.04. The quantitative estimate of drug-likeness (QED) is 0.765. The van der Waals surface area contributed by atoms with Crippen LogP contribution in [-0.4, -0.2) is 14.8 Å². The molecule has 0 radical (unpaired) electrons. The Bertz CT molecular complexity index is 484. The molecule has 0 amide bonds. The Morgan fingerprint density at radius 3 is 3.07 bits per heavy atom. The molecule has 0 aromatic carbocycles. The molecule has 0 aliphatic heterocycles. The van der Waals surface area contributed by atoms with Crippen molar-refractivity contribution in [3.8, 4) is 11.3 Å². The summed E-state index contributed by atoms with van der Waals surface area (Å²) in [6.07, 6.45) is 5.69. The lowest BCUT2D eigenvalue weighted by Crippen LogP contribution is -1.92. The van der Waals surface area contributed by atoms with E-state index >= 15 is 0 Å². The number of hydrogen-bond donors (Lipinski definition) is 1. The van der Waals surface area contributed by atoms with Gasteiger partial charge in [0.1, 0.15) is 0 Å². The van der Waals surface area contributed by atoms with Crippen LogP contribution in [0.25, 0.3) is 11.3 Å². The van der Waals surface area contributed by atoms with Gasteiger partial charge in [-0.05, 0) is 19.1 Å². The van der Waals surface area contributed by atoms with Crippen molar-refractivity contribution in [3.63, 3.8) is 0 Å². The molecule has 0 saturated carbocycles. The minimum atomic E-state index is 0.836. The molecule has 0 spiro atoms. The van der Waals surface area contributed by atoms with Gasteiger partial charge in [-0.2, -0.15) is 5.10 Å². The van der Waals surface area contributed by atoms with Gasteiger partial charge in [0.25, 0.3) is 0 Å². The van der Waals surface area contributed by atoms with E-state index in [2.05, 4.69) is 17.0 Å². The molecular weight excluding hydrogens is 194 g/mol. The van der Waals surface area contributed by atoms with Crippen molar-refractivity contribution in [2.45, 2.75) is 13.5 Å². The molecule has 0 saturated heterocycles. The van der Waals surface area contributed by atoms with Gasteiger partial charge in [0, 0.05) is 34.7 Å². The highest BCUT2D eigenvalue weighted by Crippen LogP contribution is 2.15. The van der Waals surface area contributed by atoms with E-state index in [-0.39, 0.29) is 0 Å². The van der Waals surface area contributed by atoms with Gasteiger partial charge in [-0.1, -0.05) is 12.2 Å². The van der Waals surface area contributed by atoms with E-state index in [1.54, 1.807) is 0 Å². The van der Waals surface area contributed by atoms with Crippen molar-refractivity contribution in [1.82, 2.24) is 14.8 Å². The first-order valence-corrected chi connectivity index (χ1v) is 4.92. The topological polar surface area (TPSA) is 33.6 Å². The number of hydrogen-bond acceptors (Lipinski definition) is 2. The van der Waals surface area contributed by atoms with E-state index in [0.29, 0.717) is 0 Å². The second-order valence-electron chi connectivity index (χ2n) is 3.02. The average molecular weight is 205 g/mol. The monoisotopic (exact) mass is 205 g/mol. The molecule has 2 heterocycles. The van der Waals surface area contributed by atoms with Crippen molar-refractivity contribution in [2.75, 3.05) is 0 Å². The molecule has 2 rings (SSSR count). The lowest BCUT2D eigenvalue weighted by Gasteiger charge is -1.96. The van der Waals surface area contributed by atoms with Crippen LogP contribution in [0.3, 0.4) is 0 Å². The van der Waals surface area contributed by atoms with Crippen LogP contribution < -0.4 is 0 Å². The van der Waals surface area contributed by atoms with Crippen LogP contribution in [-0.2, 0) is 6.54 Å². The number of aromatic amines is 1. The molecular formula is C10H11N3S. The first-order chi connectivity index (χ1) is 6.79. The maximum absolute atomic E-state index is 5.09. The predicted octanol–water partition coefficient (Wildman–Crippen LogP) is 2.63. The van der Waals surface area contributed by atoms with E-state index in [9.17, 15) is 0 Å². The van der Waals surface area contributed by atoms with Crippen LogP contribution in [0.1, 0.15) is 6.92 Å². The van der Waals surface area contributed by atoms with Crippen molar-refractivity contribution in [2.24, 2.45) is 0 Å². The second-order valence-corrected chi connectivity index (χ2v) is 3.49. The molecule has 72 valence electrons. The van der Waals surface area contributed by atoms with Gasteiger partial charge in [-0.25, -0.2) is 0 Å². The largest absolute Gasteiger partial charge is 0.361 e. The summed E-state index contributed by atoms with van der Waals surface area (Å²) < 4.78 is 2.72. The fourth-order valence-corrected chi connectivity index (χ4v) is 1.47. The van der Waals surface area contributed by atoms with Gasteiger partial charge in [0.05, 0.1) is 6.20 Å². The summed E-state index contributed by atoms with van der Waals surface area (Å²) in [6.45, 7) is 2.94. The van der Waals surface area contributed by atoms with E-state index in [4.69, 9.17) is 12.2 Å². The first-order valence-electron chi connectivity index (χ1n) is 4.51. The lowest BCUT2D eigenvalue weighted by molar-refractivity contribution is 0.660. The molecule has 4 heteroatoms. The van der Waals surface area contributed by atoms with Gasteiger partial charge in [-0.3, -0.25) is 4.68 Å². The average Bonchev–Trinajstić information content (AvgIpc) is 2.66. The fourth-order valence-electron chi connectivity index (χ4n) is 1.29. The SMILES string of the molecule is CCn1cc(-c2cc(=S)cc[nH]2)cn1. The Morgan fingerprint density at radius 2 is 2.43 bits per heavy atom. The van der Waals surface area contributed by atoms with Crippen LogP contribution in [0.4, 0.5) is 0 Å². The van der Waals surface area contributed by atoms with Gasteiger partial charge in [-0.15, -0.1) is 0 Å². The molecule has 14 heavy (non-hydrogen) atoms. The van der Waals surface area contributed by atoms with E-state index < -0.39 is 0 Å². The van der Waals surface area contributed by atoms with Crippen molar-refractivity contribution in [1.29, 1.82) is 0 Å². The standard InChI is InChI=1S/C10H11N3S/c1-2-13-7-8(6-12-13)10-5-9(14)3-4-11-10/h3-7H,2H2,1H3,(H,11,14).